The first-order valence-electron chi connectivity index (χ1n) is 6.06. The molecular formula is C12H21N3O. The largest absolute Gasteiger partial charge is 0.384 e. The van der Waals surface area contributed by atoms with Gasteiger partial charge in [0.2, 0.25) is 0 Å². The van der Waals surface area contributed by atoms with E-state index in [2.05, 4.69) is 23.4 Å². The van der Waals surface area contributed by atoms with Crippen LogP contribution in [0.2, 0.25) is 0 Å². The third-order valence-corrected chi connectivity index (χ3v) is 3.08. The quantitative estimate of drug-likeness (QED) is 0.853. The summed E-state index contributed by atoms with van der Waals surface area (Å²) in [5.74, 6) is 1.93. The minimum Gasteiger partial charge on any atom is -0.384 e. The Bertz CT molecular complexity index is 340. The van der Waals surface area contributed by atoms with Crippen LogP contribution in [0.5, 0.6) is 0 Å². The highest BCUT2D eigenvalue weighted by Crippen LogP contribution is 2.29. The Labute approximate surface area is 96.8 Å². The highest BCUT2D eigenvalue weighted by Gasteiger charge is 2.21. The van der Waals surface area contributed by atoms with Gasteiger partial charge in [0.05, 0.1) is 12.0 Å². The number of rotatable bonds is 3. The molecule has 0 unspecified atom stereocenters. The van der Waals surface area contributed by atoms with E-state index < -0.39 is 0 Å². The summed E-state index contributed by atoms with van der Waals surface area (Å²) in [7, 11) is 0. The molecule has 4 heteroatoms. The number of ether oxygens (including phenoxy) is 1. The van der Waals surface area contributed by atoms with E-state index in [0.29, 0.717) is 11.8 Å². The van der Waals surface area contributed by atoms with Gasteiger partial charge in [-0.15, -0.1) is 0 Å². The highest BCUT2D eigenvalue weighted by atomic mass is 16.5. The molecule has 2 rings (SSSR count). The molecule has 90 valence electrons. The first kappa shape index (κ1) is 11.5. The molecule has 2 heterocycles. The topological polar surface area (TPSA) is 53.1 Å². The maximum Gasteiger partial charge on any atom is 0.126 e. The van der Waals surface area contributed by atoms with Crippen LogP contribution in [-0.4, -0.2) is 22.8 Å². The number of nitrogens with zero attached hydrogens (tertiary/aromatic N) is 2. The van der Waals surface area contributed by atoms with Gasteiger partial charge in [-0.1, -0.05) is 13.8 Å². The average molecular weight is 223 g/mol. The van der Waals surface area contributed by atoms with Crippen molar-refractivity contribution in [2.45, 2.75) is 39.2 Å². The van der Waals surface area contributed by atoms with Crippen LogP contribution in [0.1, 0.15) is 38.3 Å². The van der Waals surface area contributed by atoms with Crippen molar-refractivity contribution in [3.8, 4) is 0 Å². The first-order chi connectivity index (χ1) is 7.68. The van der Waals surface area contributed by atoms with Crippen LogP contribution in [0.4, 0.5) is 5.82 Å². The Hall–Kier alpha value is -1.03. The molecule has 0 saturated carbocycles. The monoisotopic (exact) mass is 223 g/mol. The van der Waals surface area contributed by atoms with Gasteiger partial charge in [-0.3, -0.25) is 0 Å². The summed E-state index contributed by atoms with van der Waals surface area (Å²) in [4.78, 5) is 4.47. The summed E-state index contributed by atoms with van der Waals surface area (Å²) >= 11 is 0. The van der Waals surface area contributed by atoms with E-state index >= 15 is 0 Å². The van der Waals surface area contributed by atoms with Crippen molar-refractivity contribution in [3.05, 3.63) is 12.0 Å². The van der Waals surface area contributed by atoms with E-state index in [1.165, 1.54) is 0 Å². The van der Waals surface area contributed by atoms with Gasteiger partial charge in [-0.25, -0.2) is 4.98 Å². The van der Waals surface area contributed by atoms with Crippen molar-refractivity contribution in [3.63, 3.8) is 0 Å². The molecule has 0 amide bonds. The number of aromatic nitrogens is 2. The van der Waals surface area contributed by atoms with Gasteiger partial charge >= 0.3 is 0 Å². The third kappa shape index (κ3) is 2.38. The van der Waals surface area contributed by atoms with Crippen LogP contribution in [-0.2, 0) is 11.3 Å². The standard InChI is InChI=1S/C12H21N3O/c1-9(2)7-15-8-14-11(12(15)13)10-3-5-16-6-4-10/h8-10H,3-7,13H2,1-2H3. The second-order valence-corrected chi connectivity index (χ2v) is 4.95. The van der Waals surface area contributed by atoms with Gasteiger partial charge in [-0.05, 0) is 18.8 Å². The molecule has 1 saturated heterocycles. The first-order valence-corrected chi connectivity index (χ1v) is 6.06. The molecule has 1 fully saturated rings. The Morgan fingerprint density at radius 2 is 2.19 bits per heavy atom. The second kappa shape index (κ2) is 4.87. The van der Waals surface area contributed by atoms with Crippen molar-refractivity contribution < 1.29 is 4.74 Å². The van der Waals surface area contributed by atoms with Gasteiger partial charge in [-0.2, -0.15) is 0 Å². The Kier molecular flexibility index (Phi) is 3.49. The van der Waals surface area contributed by atoms with Crippen LogP contribution in [0, 0.1) is 5.92 Å². The Morgan fingerprint density at radius 1 is 1.50 bits per heavy atom. The van der Waals surface area contributed by atoms with Gasteiger partial charge in [0, 0.05) is 25.7 Å². The van der Waals surface area contributed by atoms with Crippen molar-refractivity contribution in [2.24, 2.45) is 5.92 Å². The maximum absolute atomic E-state index is 6.14. The van der Waals surface area contributed by atoms with Crippen molar-refractivity contribution in [2.75, 3.05) is 18.9 Å². The summed E-state index contributed by atoms with van der Waals surface area (Å²) < 4.78 is 7.42. The second-order valence-electron chi connectivity index (χ2n) is 4.95. The summed E-state index contributed by atoms with van der Waals surface area (Å²) in [5.41, 5.74) is 7.22. The van der Waals surface area contributed by atoms with Crippen LogP contribution < -0.4 is 5.73 Å². The fourth-order valence-corrected chi connectivity index (χ4v) is 2.23. The molecule has 1 aromatic heterocycles. The van der Waals surface area contributed by atoms with Crippen LogP contribution in [0.3, 0.4) is 0 Å². The molecule has 16 heavy (non-hydrogen) atoms. The number of nitrogen functional groups attached to an aromatic ring is 1. The van der Waals surface area contributed by atoms with Gasteiger partial charge in [0.1, 0.15) is 5.82 Å². The van der Waals surface area contributed by atoms with Crippen molar-refractivity contribution in [1.29, 1.82) is 0 Å². The highest BCUT2D eigenvalue weighted by molar-refractivity contribution is 5.38. The average Bonchev–Trinajstić information content (AvgIpc) is 2.61. The minimum atomic E-state index is 0.488. The third-order valence-electron chi connectivity index (χ3n) is 3.08. The maximum atomic E-state index is 6.14. The molecule has 0 spiro atoms. The molecule has 1 aliphatic rings. The zero-order chi connectivity index (χ0) is 11.5. The lowest BCUT2D eigenvalue weighted by Crippen LogP contribution is -2.16. The van der Waals surface area contributed by atoms with Crippen LogP contribution in [0.15, 0.2) is 6.33 Å². The Morgan fingerprint density at radius 3 is 2.81 bits per heavy atom. The van der Waals surface area contributed by atoms with E-state index in [9.17, 15) is 0 Å². The molecule has 2 N–H and O–H groups in total. The summed E-state index contributed by atoms with van der Waals surface area (Å²) in [6, 6.07) is 0. The number of anilines is 1. The molecule has 0 aromatic carbocycles. The fraction of sp³-hybridized carbons (Fsp3) is 0.750. The van der Waals surface area contributed by atoms with E-state index in [1.807, 2.05) is 6.33 Å². The smallest absolute Gasteiger partial charge is 0.126 e. The number of hydrogen-bond acceptors (Lipinski definition) is 3. The zero-order valence-electron chi connectivity index (χ0n) is 10.1. The molecule has 0 aliphatic carbocycles. The number of hydrogen-bond donors (Lipinski definition) is 1. The van der Waals surface area contributed by atoms with Crippen LogP contribution in [0.25, 0.3) is 0 Å². The molecule has 1 aliphatic heterocycles. The fourth-order valence-electron chi connectivity index (χ4n) is 2.23. The normalized spacial score (nSPS) is 18.2. The predicted octanol–water partition coefficient (Wildman–Crippen LogP) is 2.02. The van der Waals surface area contributed by atoms with Gasteiger partial charge in [0.15, 0.2) is 0 Å². The van der Waals surface area contributed by atoms with E-state index in [0.717, 1.165) is 44.1 Å². The molecule has 0 radical (unpaired) electrons. The van der Waals surface area contributed by atoms with Gasteiger partial charge in [0.25, 0.3) is 0 Å². The SMILES string of the molecule is CC(C)Cn1cnc(C2CCOCC2)c1N. The lowest BCUT2D eigenvalue weighted by Gasteiger charge is -2.21. The Balaban J connectivity index is 2.12. The minimum absolute atomic E-state index is 0.488. The van der Waals surface area contributed by atoms with Crippen LogP contribution >= 0.6 is 0 Å². The predicted molar refractivity (Wildman–Crippen MR) is 64.3 cm³/mol. The van der Waals surface area contributed by atoms with Crippen molar-refractivity contribution >= 4 is 5.82 Å². The number of imidazole rings is 1. The molecule has 0 atom stereocenters. The van der Waals surface area contributed by atoms with Crippen molar-refractivity contribution in [1.82, 2.24) is 9.55 Å². The van der Waals surface area contributed by atoms with E-state index in [4.69, 9.17) is 10.5 Å². The summed E-state index contributed by atoms with van der Waals surface area (Å²) in [6.45, 7) is 6.99. The molecule has 0 bridgehead atoms. The van der Waals surface area contributed by atoms with E-state index in [1.54, 1.807) is 0 Å². The zero-order valence-corrected chi connectivity index (χ0v) is 10.1. The molecule has 4 nitrogen and oxygen atoms in total. The number of nitrogens with two attached hydrogens (primary N) is 1. The lowest BCUT2D eigenvalue weighted by atomic mass is 9.96. The molecular weight excluding hydrogens is 202 g/mol. The summed E-state index contributed by atoms with van der Waals surface area (Å²) in [6.07, 6.45) is 3.96. The molecule has 1 aromatic rings. The van der Waals surface area contributed by atoms with Gasteiger partial charge < -0.3 is 15.0 Å². The van der Waals surface area contributed by atoms with E-state index in [-0.39, 0.29) is 0 Å². The summed E-state index contributed by atoms with van der Waals surface area (Å²) in [5, 5.41) is 0. The lowest BCUT2D eigenvalue weighted by molar-refractivity contribution is 0.0847.